The first-order chi connectivity index (χ1) is 7.31. The highest BCUT2D eigenvalue weighted by molar-refractivity contribution is 5.12. The van der Waals surface area contributed by atoms with E-state index < -0.39 is 5.60 Å². The van der Waals surface area contributed by atoms with E-state index in [0.717, 1.165) is 24.8 Å². The Bertz CT molecular complexity index is 383. The van der Waals surface area contributed by atoms with Crippen molar-refractivity contribution in [1.29, 1.82) is 0 Å². The van der Waals surface area contributed by atoms with Gasteiger partial charge in [0.15, 0.2) is 0 Å². The lowest BCUT2D eigenvalue weighted by Crippen LogP contribution is -2.34. The van der Waals surface area contributed by atoms with Crippen LogP contribution in [-0.4, -0.2) is 20.5 Å². The first-order valence-corrected chi connectivity index (χ1v) is 6.01. The van der Waals surface area contributed by atoms with Crippen molar-refractivity contribution in [2.45, 2.75) is 45.6 Å². The van der Waals surface area contributed by atoms with E-state index in [1.54, 1.807) is 4.68 Å². The third kappa shape index (κ3) is 2.14. The number of nitrogens with zero attached hydrogens (tertiary/aromatic N) is 2. The van der Waals surface area contributed by atoms with Crippen molar-refractivity contribution in [3.8, 4) is 0 Å². The van der Waals surface area contributed by atoms with Gasteiger partial charge in [0.05, 0.1) is 11.8 Å². The lowest BCUT2D eigenvalue weighted by atomic mass is 9.85. The quantitative estimate of drug-likeness (QED) is 0.832. The molecule has 0 amide bonds. The molecule has 0 aromatic carbocycles. The smallest absolute Gasteiger partial charge is 0.0719 e. The third-order valence-electron chi connectivity index (χ3n) is 3.83. The Labute approximate surface area is 97.5 Å². The lowest BCUT2D eigenvalue weighted by Gasteiger charge is -2.28. The zero-order valence-electron chi connectivity index (χ0n) is 10.7. The van der Waals surface area contributed by atoms with Crippen LogP contribution in [-0.2, 0) is 13.5 Å². The molecule has 1 aromatic heterocycles. The fourth-order valence-electron chi connectivity index (χ4n) is 3.25. The van der Waals surface area contributed by atoms with Crippen LogP contribution in [0.25, 0.3) is 0 Å². The van der Waals surface area contributed by atoms with Crippen LogP contribution in [0.3, 0.4) is 0 Å². The second-order valence-corrected chi connectivity index (χ2v) is 6.25. The predicted molar refractivity (Wildman–Crippen MR) is 64.0 cm³/mol. The lowest BCUT2D eigenvalue weighted by molar-refractivity contribution is 0.00444. The Morgan fingerprint density at radius 1 is 1.56 bits per heavy atom. The number of hydrogen-bond acceptors (Lipinski definition) is 2. The van der Waals surface area contributed by atoms with Gasteiger partial charge in [0.25, 0.3) is 0 Å². The molecule has 2 unspecified atom stereocenters. The summed E-state index contributed by atoms with van der Waals surface area (Å²) in [6, 6.07) is 0. The van der Waals surface area contributed by atoms with Gasteiger partial charge in [-0.3, -0.25) is 4.68 Å². The Balaban J connectivity index is 2.14. The molecule has 0 spiro atoms. The molecule has 0 bridgehead atoms. The molecule has 90 valence electrons. The number of aliphatic hydroxyl groups is 1. The molecule has 0 saturated heterocycles. The normalized spacial score (nSPS) is 33.2. The van der Waals surface area contributed by atoms with Crippen LogP contribution >= 0.6 is 0 Å². The van der Waals surface area contributed by atoms with Crippen molar-refractivity contribution in [2.24, 2.45) is 18.4 Å². The van der Waals surface area contributed by atoms with E-state index >= 15 is 0 Å². The molecule has 2 atom stereocenters. The summed E-state index contributed by atoms with van der Waals surface area (Å²) in [4.78, 5) is 0. The average molecular weight is 222 g/mol. The highest BCUT2D eigenvalue weighted by atomic mass is 16.3. The molecule has 1 aliphatic rings. The topological polar surface area (TPSA) is 38.1 Å². The van der Waals surface area contributed by atoms with Gasteiger partial charge in [-0.15, -0.1) is 0 Å². The van der Waals surface area contributed by atoms with Crippen molar-refractivity contribution in [3.63, 3.8) is 0 Å². The SMILES string of the molecule is CC1CC(C)(C)CC1(O)Cc1cnn(C)c1. The average Bonchev–Trinajstić information content (AvgIpc) is 2.55. The van der Waals surface area contributed by atoms with Crippen LogP contribution in [0.4, 0.5) is 0 Å². The molecule has 1 saturated carbocycles. The number of aryl methyl sites for hydroxylation is 1. The minimum absolute atomic E-state index is 0.260. The van der Waals surface area contributed by atoms with Gasteiger partial charge in [-0.05, 0) is 29.7 Å². The van der Waals surface area contributed by atoms with Gasteiger partial charge in [0.1, 0.15) is 0 Å². The summed E-state index contributed by atoms with van der Waals surface area (Å²) in [6.45, 7) is 6.64. The fourth-order valence-corrected chi connectivity index (χ4v) is 3.25. The van der Waals surface area contributed by atoms with Crippen molar-refractivity contribution < 1.29 is 5.11 Å². The van der Waals surface area contributed by atoms with Gasteiger partial charge in [-0.2, -0.15) is 5.10 Å². The molecule has 1 heterocycles. The number of aromatic nitrogens is 2. The summed E-state index contributed by atoms with van der Waals surface area (Å²) in [5, 5.41) is 14.9. The van der Waals surface area contributed by atoms with Crippen molar-refractivity contribution in [1.82, 2.24) is 9.78 Å². The maximum Gasteiger partial charge on any atom is 0.0719 e. The molecule has 16 heavy (non-hydrogen) atoms. The largest absolute Gasteiger partial charge is 0.389 e. The minimum Gasteiger partial charge on any atom is -0.389 e. The second kappa shape index (κ2) is 3.59. The van der Waals surface area contributed by atoms with Crippen LogP contribution in [0, 0.1) is 11.3 Å². The van der Waals surface area contributed by atoms with E-state index in [9.17, 15) is 5.11 Å². The summed E-state index contributed by atoms with van der Waals surface area (Å²) >= 11 is 0. The van der Waals surface area contributed by atoms with Crippen LogP contribution in [0.2, 0.25) is 0 Å². The molecule has 1 N–H and O–H groups in total. The molecule has 0 radical (unpaired) electrons. The van der Waals surface area contributed by atoms with Gasteiger partial charge in [0.2, 0.25) is 0 Å². The zero-order chi connectivity index (χ0) is 12.0. The van der Waals surface area contributed by atoms with Gasteiger partial charge in [-0.1, -0.05) is 20.8 Å². The van der Waals surface area contributed by atoms with E-state index in [1.165, 1.54) is 0 Å². The predicted octanol–water partition coefficient (Wildman–Crippen LogP) is 2.15. The molecule has 0 aliphatic heterocycles. The summed E-state index contributed by atoms with van der Waals surface area (Å²) in [7, 11) is 1.91. The van der Waals surface area contributed by atoms with E-state index in [0.29, 0.717) is 5.92 Å². The van der Waals surface area contributed by atoms with E-state index in [2.05, 4.69) is 25.9 Å². The molecular formula is C13H22N2O. The molecule has 3 nitrogen and oxygen atoms in total. The molecule has 2 rings (SSSR count). The van der Waals surface area contributed by atoms with E-state index in [-0.39, 0.29) is 5.41 Å². The summed E-state index contributed by atoms with van der Waals surface area (Å²) in [5.74, 6) is 0.364. The number of hydrogen-bond donors (Lipinski definition) is 1. The van der Waals surface area contributed by atoms with Gasteiger partial charge in [0, 0.05) is 19.7 Å². The van der Waals surface area contributed by atoms with Crippen LogP contribution in [0.5, 0.6) is 0 Å². The third-order valence-corrected chi connectivity index (χ3v) is 3.83. The number of rotatable bonds is 2. The molecule has 1 aliphatic carbocycles. The van der Waals surface area contributed by atoms with Gasteiger partial charge in [-0.25, -0.2) is 0 Å². The summed E-state index contributed by atoms with van der Waals surface area (Å²) in [6.07, 6.45) is 6.57. The van der Waals surface area contributed by atoms with Crippen molar-refractivity contribution in [3.05, 3.63) is 18.0 Å². The van der Waals surface area contributed by atoms with Gasteiger partial charge >= 0.3 is 0 Å². The van der Waals surface area contributed by atoms with Gasteiger partial charge < -0.3 is 5.11 Å². The highest BCUT2D eigenvalue weighted by Crippen LogP contribution is 2.48. The van der Waals surface area contributed by atoms with Crippen LogP contribution in [0.15, 0.2) is 12.4 Å². The summed E-state index contributed by atoms with van der Waals surface area (Å²) < 4.78 is 1.80. The minimum atomic E-state index is -0.549. The maximum atomic E-state index is 10.7. The molecular weight excluding hydrogens is 200 g/mol. The fraction of sp³-hybridized carbons (Fsp3) is 0.769. The molecule has 3 heteroatoms. The first-order valence-electron chi connectivity index (χ1n) is 6.01. The Hall–Kier alpha value is -0.830. The van der Waals surface area contributed by atoms with Crippen LogP contribution in [0.1, 0.15) is 39.2 Å². The Morgan fingerprint density at radius 3 is 2.69 bits per heavy atom. The van der Waals surface area contributed by atoms with E-state index in [1.807, 2.05) is 19.4 Å². The standard InChI is InChI=1S/C13H22N2O/c1-10-5-12(2,3)9-13(10,16)6-11-7-14-15(4)8-11/h7-8,10,16H,5-6,9H2,1-4H3. The van der Waals surface area contributed by atoms with Crippen molar-refractivity contribution in [2.75, 3.05) is 0 Å². The summed E-state index contributed by atoms with van der Waals surface area (Å²) in [5.41, 5.74) is 0.845. The van der Waals surface area contributed by atoms with Crippen molar-refractivity contribution >= 4 is 0 Å². The molecule has 1 fully saturated rings. The van der Waals surface area contributed by atoms with Crippen LogP contribution < -0.4 is 0 Å². The Kier molecular flexibility index (Phi) is 2.61. The monoisotopic (exact) mass is 222 g/mol. The second-order valence-electron chi connectivity index (χ2n) is 6.25. The molecule has 1 aromatic rings. The first kappa shape index (κ1) is 11.6. The zero-order valence-corrected chi connectivity index (χ0v) is 10.7. The Morgan fingerprint density at radius 2 is 2.25 bits per heavy atom. The van der Waals surface area contributed by atoms with E-state index in [4.69, 9.17) is 0 Å². The highest BCUT2D eigenvalue weighted by Gasteiger charge is 2.47. The maximum absolute atomic E-state index is 10.7.